The lowest BCUT2D eigenvalue weighted by atomic mass is 10.3. The minimum Gasteiger partial charge on any atom is -0.340 e. The smallest absolute Gasteiger partial charge is 0.329 e. The molecule has 0 fully saturated rings. The van der Waals surface area contributed by atoms with Crippen LogP contribution in [-0.2, 0) is 7.05 Å². The van der Waals surface area contributed by atoms with Crippen LogP contribution in [0.5, 0.6) is 0 Å². The summed E-state index contributed by atoms with van der Waals surface area (Å²) in [6.45, 7) is 0. The summed E-state index contributed by atoms with van der Waals surface area (Å²) in [6, 6.07) is 9.38. The highest BCUT2D eigenvalue weighted by Crippen LogP contribution is 2.18. The van der Waals surface area contributed by atoms with Crippen molar-refractivity contribution in [2.75, 3.05) is 5.32 Å². The molecule has 0 aliphatic rings. The molecular formula is C12H11N5O2. The molecule has 0 aliphatic carbocycles. The fraction of sp³-hybridized carbons (Fsp3) is 0.0833. The van der Waals surface area contributed by atoms with Crippen molar-refractivity contribution in [2.45, 2.75) is 0 Å². The van der Waals surface area contributed by atoms with Gasteiger partial charge in [0.25, 0.3) is 5.56 Å². The molecule has 0 saturated heterocycles. The maximum Gasteiger partial charge on any atom is 0.329 e. The van der Waals surface area contributed by atoms with Gasteiger partial charge in [-0.2, -0.15) is 5.10 Å². The minimum absolute atomic E-state index is 0.242. The van der Waals surface area contributed by atoms with Gasteiger partial charge in [0.15, 0.2) is 5.65 Å². The molecule has 0 radical (unpaired) electrons. The second kappa shape index (κ2) is 4.13. The summed E-state index contributed by atoms with van der Waals surface area (Å²) in [5, 5.41) is 10.0. The molecule has 7 heteroatoms. The Labute approximate surface area is 106 Å². The molecule has 3 rings (SSSR count). The first-order valence-electron chi connectivity index (χ1n) is 5.66. The van der Waals surface area contributed by atoms with E-state index >= 15 is 0 Å². The second-order valence-corrected chi connectivity index (χ2v) is 4.11. The van der Waals surface area contributed by atoms with E-state index in [-0.39, 0.29) is 5.65 Å². The van der Waals surface area contributed by atoms with Gasteiger partial charge in [0.1, 0.15) is 11.2 Å². The number of nitrogens with one attached hydrogen (secondary N) is 3. The van der Waals surface area contributed by atoms with Gasteiger partial charge in [-0.3, -0.25) is 19.4 Å². The van der Waals surface area contributed by atoms with Crippen LogP contribution in [0.15, 0.2) is 39.9 Å². The minimum atomic E-state index is -0.490. The Kier molecular flexibility index (Phi) is 2.45. The van der Waals surface area contributed by atoms with Gasteiger partial charge in [0.05, 0.1) is 0 Å². The van der Waals surface area contributed by atoms with E-state index in [0.717, 1.165) is 10.3 Å². The maximum absolute atomic E-state index is 12.1. The van der Waals surface area contributed by atoms with Crippen LogP contribution in [-0.4, -0.2) is 19.7 Å². The summed E-state index contributed by atoms with van der Waals surface area (Å²) >= 11 is 0. The number of aromatic amines is 2. The van der Waals surface area contributed by atoms with Crippen molar-refractivity contribution in [3.8, 4) is 0 Å². The molecule has 0 spiro atoms. The van der Waals surface area contributed by atoms with E-state index in [1.807, 2.05) is 30.3 Å². The third kappa shape index (κ3) is 1.81. The molecular weight excluding hydrogens is 246 g/mol. The van der Waals surface area contributed by atoms with Crippen molar-refractivity contribution < 1.29 is 0 Å². The second-order valence-electron chi connectivity index (χ2n) is 4.11. The summed E-state index contributed by atoms with van der Waals surface area (Å²) < 4.78 is 1.01. The summed E-state index contributed by atoms with van der Waals surface area (Å²) in [5.74, 6) is 0.457. The van der Waals surface area contributed by atoms with Crippen LogP contribution in [0.1, 0.15) is 0 Å². The summed E-state index contributed by atoms with van der Waals surface area (Å²) in [6.07, 6.45) is 0. The average molecular weight is 257 g/mol. The Balaban J connectivity index is 2.19. The zero-order chi connectivity index (χ0) is 13.4. The predicted molar refractivity (Wildman–Crippen MR) is 71.7 cm³/mol. The highest BCUT2D eigenvalue weighted by atomic mass is 16.2. The Bertz CT molecular complexity index is 844. The third-order valence-electron chi connectivity index (χ3n) is 2.86. The first-order valence-corrected chi connectivity index (χ1v) is 5.66. The van der Waals surface area contributed by atoms with Crippen LogP contribution in [0.4, 0.5) is 11.5 Å². The van der Waals surface area contributed by atoms with Crippen LogP contribution < -0.4 is 16.6 Å². The van der Waals surface area contributed by atoms with Gasteiger partial charge in [-0.1, -0.05) is 18.2 Å². The van der Waals surface area contributed by atoms with E-state index in [1.165, 1.54) is 7.05 Å². The van der Waals surface area contributed by atoms with Crippen molar-refractivity contribution in [2.24, 2.45) is 7.05 Å². The van der Waals surface area contributed by atoms with Crippen molar-refractivity contribution >= 4 is 22.5 Å². The lowest BCUT2D eigenvalue weighted by molar-refractivity contribution is 0.792. The maximum atomic E-state index is 12.1. The monoisotopic (exact) mass is 257 g/mol. The van der Waals surface area contributed by atoms with Crippen LogP contribution >= 0.6 is 0 Å². The summed E-state index contributed by atoms with van der Waals surface area (Å²) in [4.78, 5) is 26.0. The average Bonchev–Trinajstić information content (AvgIpc) is 2.80. The van der Waals surface area contributed by atoms with Crippen LogP contribution in [0.2, 0.25) is 0 Å². The van der Waals surface area contributed by atoms with Gasteiger partial charge in [-0.05, 0) is 12.1 Å². The first-order chi connectivity index (χ1) is 9.16. The van der Waals surface area contributed by atoms with Crippen molar-refractivity contribution in [3.05, 3.63) is 51.2 Å². The molecule has 2 aromatic heterocycles. The largest absolute Gasteiger partial charge is 0.340 e. The molecule has 0 unspecified atom stereocenters. The Morgan fingerprint density at radius 1 is 1.21 bits per heavy atom. The molecule has 2 heterocycles. The van der Waals surface area contributed by atoms with Crippen molar-refractivity contribution in [3.63, 3.8) is 0 Å². The summed E-state index contributed by atoms with van der Waals surface area (Å²) in [7, 11) is 1.42. The van der Waals surface area contributed by atoms with Crippen LogP contribution in [0.25, 0.3) is 11.0 Å². The lowest BCUT2D eigenvalue weighted by Gasteiger charge is -2.03. The van der Waals surface area contributed by atoms with Crippen molar-refractivity contribution in [1.29, 1.82) is 0 Å². The number of hydrogen-bond acceptors (Lipinski definition) is 4. The van der Waals surface area contributed by atoms with E-state index in [2.05, 4.69) is 20.5 Å². The van der Waals surface area contributed by atoms with Crippen LogP contribution in [0, 0.1) is 0 Å². The normalized spacial score (nSPS) is 10.8. The first kappa shape index (κ1) is 11.3. The Hall–Kier alpha value is -2.83. The zero-order valence-electron chi connectivity index (χ0n) is 10.1. The number of nitrogens with zero attached hydrogens (tertiary/aromatic N) is 2. The molecule has 96 valence electrons. The number of hydrogen-bond donors (Lipinski definition) is 3. The standard InChI is InChI=1S/C12H11N5O2/c1-17-11(18)8-9(13-7-5-3-2-4-6-7)15-16-10(8)14-12(17)19/h2-6H,1H3,(H3,13,14,15,16,19). The van der Waals surface area contributed by atoms with E-state index < -0.39 is 11.2 Å². The number of para-hydroxylation sites is 1. The fourth-order valence-electron chi connectivity index (χ4n) is 1.84. The van der Waals surface area contributed by atoms with E-state index in [1.54, 1.807) is 0 Å². The van der Waals surface area contributed by atoms with Crippen LogP contribution in [0.3, 0.4) is 0 Å². The molecule has 0 saturated carbocycles. The quantitative estimate of drug-likeness (QED) is 0.629. The molecule has 0 atom stereocenters. The summed E-state index contributed by atoms with van der Waals surface area (Å²) in [5.41, 5.74) is 0.175. The van der Waals surface area contributed by atoms with E-state index in [0.29, 0.717) is 11.2 Å². The Morgan fingerprint density at radius 3 is 2.68 bits per heavy atom. The zero-order valence-corrected chi connectivity index (χ0v) is 10.1. The van der Waals surface area contributed by atoms with E-state index in [4.69, 9.17) is 0 Å². The van der Waals surface area contributed by atoms with Gasteiger partial charge >= 0.3 is 5.69 Å². The van der Waals surface area contributed by atoms with Gasteiger partial charge < -0.3 is 5.32 Å². The molecule has 0 aliphatic heterocycles. The molecule has 3 N–H and O–H groups in total. The van der Waals surface area contributed by atoms with E-state index in [9.17, 15) is 9.59 Å². The topological polar surface area (TPSA) is 95.6 Å². The molecule has 0 amide bonds. The molecule has 7 nitrogen and oxygen atoms in total. The third-order valence-corrected chi connectivity index (χ3v) is 2.86. The molecule has 3 aromatic rings. The number of rotatable bonds is 2. The number of H-pyrrole nitrogens is 2. The fourth-order valence-corrected chi connectivity index (χ4v) is 1.84. The predicted octanol–water partition coefficient (Wildman–Crippen LogP) is 0.693. The SMILES string of the molecule is Cn1c(=O)[nH]c2n[nH]c(Nc3ccccc3)c2c1=O. The van der Waals surface area contributed by atoms with Gasteiger partial charge in [-0.15, -0.1) is 0 Å². The molecule has 19 heavy (non-hydrogen) atoms. The Morgan fingerprint density at radius 2 is 1.95 bits per heavy atom. The number of benzene rings is 1. The molecule has 0 bridgehead atoms. The highest BCUT2D eigenvalue weighted by molar-refractivity contribution is 5.88. The van der Waals surface area contributed by atoms with Gasteiger partial charge in [-0.25, -0.2) is 4.79 Å². The van der Waals surface area contributed by atoms with Crippen molar-refractivity contribution in [1.82, 2.24) is 19.7 Å². The number of aromatic nitrogens is 4. The highest BCUT2D eigenvalue weighted by Gasteiger charge is 2.12. The molecule has 1 aromatic carbocycles. The number of anilines is 2. The van der Waals surface area contributed by atoms with Gasteiger partial charge in [0.2, 0.25) is 0 Å². The lowest BCUT2D eigenvalue weighted by Crippen LogP contribution is -2.32. The van der Waals surface area contributed by atoms with Gasteiger partial charge in [0, 0.05) is 12.7 Å². The number of fused-ring (bicyclic) bond motifs is 1.